The number of hydrogen-bond donors (Lipinski definition) is 2. The molecule has 0 aromatic heterocycles. The van der Waals surface area contributed by atoms with Crippen LogP contribution in [0.15, 0.2) is 48.5 Å². The summed E-state index contributed by atoms with van der Waals surface area (Å²) in [7, 11) is 0. The zero-order chi connectivity index (χ0) is 16.8. The summed E-state index contributed by atoms with van der Waals surface area (Å²) in [5.74, 6) is -0.351. The predicted molar refractivity (Wildman–Crippen MR) is 89.7 cm³/mol. The predicted octanol–water partition coefficient (Wildman–Crippen LogP) is 3.24. The molecule has 0 bridgehead atoms. The van der Waals surface area contributed by atoms with Crippen molar-refractivity contribution in [1.82, 2.24) is 0 Å². The molecule has 0 saturated heterocycles. The minimum atomic E-state index is -0.675. The van der Waals surface area contributed by atoms with E-state index in [0.717, 1.165) is 0 Å². The second kappa shape index (κ2) is 7.65. The number of anilines is 1. The monoisotopic (exact) mass is 332 g/mol. The highest BCUT2D eigenvalue weighted by Crippen LogP contribution is 2.25. The van der Waals surface area contributed by atoms with Crippen molar-refractivity contribution in [2.75, 3.05) is 5.32 Å². The molecular weight excluding hydrogens is 316 g/mol. The van der Waals surface area contributed by atoms with Gasteiger partial charge in [-0.2, -0.15) is 0 Å². The largest absolute Gasteiger partial charge is 0.479 e. The third kappa shape index (κ3) is 4.47. The number of rotatable bonds is 6. The first-order chi connectivity index (χ1) is 11.0. The zero-order valence-electron chi connectivity index (χ0n) is 12.6. The van der Waals surface area contributed by atoms with Gasteiger partial charge in [0.15, 0.2) is 6.10 Å². The van der Waals surface area contributed by atoms with Crippen molar-refractivity contribution >= 4 is 29.1 Å². The summed E-state index contributed by atoms with van der Waals surface area (Å²) in [6.07, 6.45) is -0.193. The van der Waals surface area contributed by atoms with Crippen molar-refractivity contribution < 1.29 is 14.3 Å². The van der Waals surface area contributed by atoms with E-state index in [4.69, 9.17) is 22.1 Å². The molecule has 5 nitrogen and oxygen atoms in total. The summed E-state index contributed by atoms with van der Waals surface area (Å²) in [5, 5.41) is 3.19. The van der Waals surface area contributed by atoms with Crippen molar-refractivity contribution in [1.29, 1.82) is 0 Å². The van der Waals surface area contributed by atoms with Crippen LogP contribution in [0.1, 0.15) is 23.7 Å². The van der Waals surface area contributed by atoms with Crippen LogP contribution in [0.4, 0.5) is 5.69 Å². The minimum absolute atomic E-state index is 0.292. The molecule has 2 aromatic rings. The van der Waals surface area contributed by atoms with Gasteiger partial charge in [0.25, 0.3) is 5.91 Å². The van der Waals surface area contributed by atoms with E-state index in [1.54, 1.807) is 48.5 Å². The molecule has 0 unspecified atom stereocenters. The number of carbonyl (C=O) groups is 2. The summed E-state index contributed by atoms with van der Waals surface area (Å²) in [6, 6.07) is 13.3. The Morgan fingerprint density at radius 3 is 2.39 bits per heavy atom. The molecule has 0 saturated carbocycles. The third-order valence-electron chi connectivity index (χ3n) is 3.21. The molecular formula is C17H17ClN2O3. The van der Waals surface area contributed by atoms with Crippen LogP contribution < -0.4 is 15.8 Å². The highest BCUT2D eigenvalue weighted by molar-refractivity contribution is 6.32. The van der Waals surface area contributed by atoms with Gasteiger partial charge in [-0.15, -0.1) is 0 Å². The minimum Gasteiger partial charge on any atom is -0.479 e. The Morgan fingerprint density at radius 2 is 1.83 bits per heavy atom. The topological polar surface area (TPSA) is 81.4 Å². The fourth-order valence-corrected chi connectivity index (χ4v) is 2.14. The van der Waals surface area contributed by atoms with Crippen molar-refractivity contribution in [3.8, 4) is 5.75 Å². The molecule has 0 aliphatic carbocycles. The van der Waals surface area contributed by atoms with Gasteiger partial charge in [-0.25, -0.2) is 0 Å². The van der Waals surface area contributed by atoms with E-state index >= 15 is 0 Å². The van der Waals surface area contributed by atoms with Crippen molar-refractivity contribution in [3.63, 3.8) is 0 Å². The molecule has 2 rings (SSSR count). The smallest absolute Gasteiger partial charge is 0.265 e. The highest BCUT2D eigenvalue weighted by atomic mass is 35.5. The normalized spacial score (nSPS) is 11.6. The number of para-hydroxylation sites is 1. The number of nitrogens with two attached hydrogens (primary N) is 1. The van der Waals surface area contributed by atoms with Gasteiger partial charge in [-0.3, -0.25) is 9.59 Å². The maximum atomic E-state index is 12.3. The summed E-state index contributed by atoms with van der Waals surface area (Å²) in [6.45, 7) is 1.84. The van der Waals surface area contributed by atoms with Gasteiger partial charge in [-0.1, -0.05) is 30.7 Å². The first-order valence-corrected chi connectivity index (χ1v) is 7.51. The fraction of sp³-hybridized carbons (Fsp3) is 0.176. The first kappa shape index (κ1) is 16.8. The Bertz CT molecular complexity index is 701. The van der Waals surface area contributed by atoms with E-state index in [1.165, 1.54) is 0 Å². The average molecular weight is 333 g/mol. The van der Waals surface area contributed by atoms with Crippen LogP contribution in [0.25, 0.3) is 0 Å². The third-order valence-corrected chi connectivity index (χ3v) is 3.52. The Morgan fingerprint density at radius 1 is 1.17 bits per heavy atom. The lowest BCUT2D eigenvalue weighted by Crippen LogP contribution is -2.32. The van der Waals surface area contributed by atoms with Crippen molar-refractivity contribution in [2.45, 2.75) is 19.4 Å². The number of hydrogen-bond acceptors (Lipinski definition) is 3. The zero-order valence-corrected chi connectivity index (χ0v) is 13.3. The van der Waals surface area contributed by atoms with Gasteiger partial charge in [0, 0.05) is 11.3 Å². The van der Waals surface area contributed by atoms with E-state index in [-0.39, 0.29) is 5.91 Å². The second-order valence-electron chi connectivity index (χ2n) is 4.88. The van der Waals surface area contributed by atoms with Crippen LogP contribution in [0.2, 0.25) is 5.02 Å². The lowest BCUT2D eigenvalue weighted by Gasteiger charge is -2.18. The molecule has 23 heavy (non-hydrogen) atoms. The Labute approximate surface area is 139 Å². The molecule has 0 fully saturated rings. The molecule has 1 atom stereocenters. The highest BCUT2D eigenvalue weighted by Gasteiger charge is 2.19. The van der Waals surface area contributed by atoms with E-state index < -0.39 is 12.0 Å². The number of nitrogens with one attached hydrogen (secondary N) is 1. The fourth-order valence-electron chi connectivity index (χ4n) is 1.96. The summed E-state index contributed by atoms with van der Waals surface area (Å²) < 4.78 is 5.67. The van der Waals surface area contributed by atoms with Gasteiger partial charge in [0.05, 0.1) is 5.02 Å². The van der Waals surface area contributed by atoms with Gasteiger partial charge < -0.3 is 15.8 Å². The lowest BCUT2D eigenvalue weighted by molar-refractivity contribution is -0.122. The van der Waals surface area contributed by atoms with Crippen molar-refractivity contribution in [2.24, 2.45) is 5.73 Å². The van der Waals surface area contributed by atoms with E-state index in [1.807, 2.05) is 6.92 Å². The van der Waals surface area contributed by atoms with Gasteiger partial charge in [0.2, 0.25) is 5.91 Å². The molecule has 120 valence electrons. The molecule has 0 heterocycles. The van der Waals surface area contributed by atoms with Crippen LogP contribution in [0.3, 0.4) is 0 Å². The SMILES string of the molecule is CC[C@@H](Oc1ccccc1Cl)C(=O)Nc1ccc(C(N)=O)cc1. The maximum Gasteiger partial charge on any atom is 0.265 e. The number of benzene rings is 2. The van der Waals surface area contributed by atoms with Gasteiger partial charge in [-0.05, 0) is 42.8 Å². The lowest BCUT2D eigenvalue weighted by atomic mass is 10.2. The molecule has 0 aliphatic heterocycles. The standard InChI is InChI=1S/C17H17ClN2O3/c1-2-14(23-15-6-4-3-5-13(15)18)17(22)20-12-9-7-11(8-10-12)16(19)21/h3-10,14H,2H2,1H3,(H2,19,21)(H,20,22)/t14-/m1/s1. The van der Waals surface area contributed by atoms with Crippen LogP contribution in [-0.2, 0) is 4.79 Å². The number of primary amides is 1. The molecule has 3 N–H and O–H groups in total. The van der Waals surface area contributed by atoms with E-state index in [9.17, 15) is 9.59 Å². The number of amides is 2. The Hall–Kier alpha value is -2.53. The molecule has 2 amide bonds. The molecule has 0 spiro atoms. The number of carbonyl (C=O) groups excluding carboxylic acids is 2. The molecule has 0 radical (unpaired) electrons. The van der Waals surface area contributed by atoms with Crippen LogP contribution in [0.5, 0.6) is 5.75 Å². The van der Waals surface area contributed by atoms with Gasteiger partial charge in [0.1, 0.15) is 5.75 Å². The molecule has 2 aromatic carbocycles. The number of halogens is 1. The van der Waals surface area contributed by atoms with Crippen LogP contribution in [0, 0.1) is 0 Å². The summed E-state index contributed by atoms with van der Waals surface area (Å²) in [4.78, 5) is 23.3. The Balaban J connectivity index is 2.05. The maximum absolute atomic E-state index is 12.3. The van der Waals surface area contributed by atoms with Gasteiger partial charge >= 0.3 is 0 Å². The second-order valence-corrected chi connectivity index (χ2v) is 5.28. The van der Waals surface area contributed by atoms with Crippen LogP contribution in [-0.4, -0.2) is 17.9 Å². The molecule has 6 heteroatoms. The molecule has 0 aliphatic rings. The van der Waals surface area contributed by atoms with Crippen molar-refractivity contribution in [3.05, 3.63) is 59.1 Å². The quantitative estimate of drug-likeness (QED) is 0.852. The van der Waals surface area contributed by atoms with Crippen LogP contribution >= 0.6 is 11.6 Å². The average Bonchev–Trinajstić information content (AvgIpc) is 2.54. The van der Waals surface area contributed by atoms with E-state index in [2.05, 4.69) is 5.32 Å². The Kier molecular flexibility index (Phi) is 5.60. The first-order valence-electron chi connectivity index (χ1n) is 7.13. The summed E-state index contributed by atoms with van der Waals surface area (Å²) >= 11 is 6.04. The summed E-state index contributed by atoms with van der Waals surface area (Å²) in [5.41, 5.74) is 6.11. The number of ether oxygens (including phenoxy) is 1. The van der Waals surface area contributed by atoms with E-state index in [0.29, 0.717) is 28.4 Å².